The van der Waals surface area contributed by atoms with Gasteiger partial charge in [-0.2, -0.15) is 5.10 Å². The highest BCUT2D eigenvalue weighted by atomic mass is 19.1. The Morgan fingerprint density at radius 3 is 2.53 bits per heavy atom. The average molecular weight is 590 g/mol. The van der Waals surface area contributed by atoms with Crippen molar-refractivity contribution in [2.75, 3.05) is 6.54 Å². The first-order chi connectivity index (χ1) is 20.6. The minimum Gasteiger partial charge on any atom is -0.465 e. The van der Waals surface area contributed by atoms with Crippen LogP contribution in [-0.2, 0) is 39.9 Å². The molecule has 224 valence electrons. The van der Waals surface area contributed by atoms with Gasteiger partial charge < -0.3 is 20.1 Å². The molecule has 3 aliphatic rings. The molecule has 12 heteroatoms. The van der Waals surface area contributed by atoms with Crippen LogP contribution in [0.5, 0.6) is 0 Å². The molecule has 0 bridgehead atoms. The van der Waals surface area contributed by atoms with Gasteiger partial charge in [-0.3, -0.25) is 14.3 Å². The number of rotatable bonds is 7. The summed E-state index contributed by atoms with van der Waals surface area (Å²) < 4.78 is 21.0. The van der Waals surface area contributed by atoms with Gasteiger partial charge in [0, 0.05) is 49.4 Å². The summed E-state index contributed by atoms with van der Waals surface area (Å²) in [5.41, 5.74) is 2.63. The van der Waals surface area contributed by atoms with E-state index < -0.39 is 42.0 Å². The van der Waals surface area contributed by atoms with E-state index in [4.69, 9.17) is 9.84 Å². The lowest BCUT2D eigenvalue weighted by atomic mass is 9.89. The number of hydrogen-bond donors (Lipinski definition) is 2. The fraction of sp³-hybridized carbons (Fsp3) is 0.387. The summed E-state index contributed by atoms with van der Waals surface area (Å²) in [6, 6.07) is 11.0. The van der Waals surface area contributed by atoms with Crippen molar-refractivity contribution >= 4 is 24.0 Å². The number of aromatic nitrogens is 2. The smallest absolute Gasteiger partial charge is 0.418 e. The maximum Gasteiger partial charge on any atom is 0.418 e. The predicted molar refractivity (Wildman–Crippen MR) is 151 cm³/mol. The van der Waals surface area contributed by atoms with E-state index in [0.29, 0.717) is 43.2 Å². The van der Waals surface area contributed by atoms with Crippen molar-refractivity contribution in [3.8, 4) is 11.1 Å². The fourth-order valence-corrected chi connectivity index (χ4v) is 6.54. The molecular formula is C31H32FN5O6. The summed E-state index contributed by atoms with van der Waals surface area (Å²) in [6.45, 7) is -0.333. The Labute approximate surface area is 247 Å². The number of fused-ring (bicyclic) bond motifs is 2. The third-order valence-electron chi connectivity index (χ3n) is 8.74. The van der Waals surface area contributed by atoms with E-state index in [9.17, 15) is 23.6 Å². The molecule has 2 aromatic carbocycles. The van der Waals surface area contributed by atoms with Crippen molar-refractivity contribution < 1.29 is 33.4 Å². The molecule has 2 aliphatic carbocycles. The number of hydrogen-bond acceptors (Lipinski definition) is 6. The molecule has 1 atom stereocenters. The van der Waals surface area contributed by atoms with E-state index in [-0.39, 0.29) is 25.0 Å². The van der Waals surface area contributed by atoms with Crippen molar-refractivity contribution in [3.63, 3.8) is 0 Å². The number of nitrogens with one attached hydrogen (secondary N) is 1. The van der Waals surface area contributed by atoms with E-state index >= 15 is 0 Å². The largest absolute Gasteiger partial charge is 0.465 e. The second-order valence-electron chi connectivity index (χ2n) is 11.5. The van der Waals surface area contributed by atoms with Gasteiger partial charge in [-0.05, 0) is 60.9 Å². The molecule has 1 aromatic heterocycles. The van der Waals surface area contributed by atoms with Gasteiger partial charge >= 0.3 is 12.2 Å². The lowest BCUT2D eigenvalue weighted by Crippen LogP contribution is -2.50. The van der Waals surface area contributed by atoms with Crippen LogP contribution >= 0.6 is 0 Å². The molecule has 4 amide bonds. The number of carboxylic acid groups (broad SMARTS) is 1. The Bertz CT molecular complexity index is 1580. The first-order valence-electron chi connectivity index (χ1n) is 14.3. The second-order valence-corrected chi connectivity index (χ2v) is 11.5. The average Bonchev–Trinajstić information content (AvgIpc) is 3.65. The molecule has 2 heterocycles. The summed E-state index contributed by atoms with van der Waals surface area (Å²) >= 11 is 0. The summed E-state index contributed by atoms with van der Waals surface area (Å²) in [5.74, 6) is -1.40. The van der Waals surface area contributed by atoms with Crippen LogP contribution in [0.4, 0.5) is 14.0 Å². The normalized spacial score (nSPS) is 22.9. The molecule has 0 radical (unpaired) electrons. The number of imide groups is 1. The van der Waals surface area contributed by atoms with Crippen molar-refractivity contribution in [3.05, 3.63) is 77.4 Å². The highest BCUT2D eigenvalue weighted by Gasteiger charge is 2.58. The Kier molecular flexibility index (Phi) is 7.37. The van der Waals surface area contributed by atoms with Gasteiger partial charge in [0.1, 0.15) is 12.4 Å². The number of carbonyl (C=O) groups is 4. The van der Waals surface area contributed by atoms with E-state index in [1.165, 1.54) is 12.1 Å². The van der Waals surface area contributed by atoms with E-state index in [2.05, 4.69) is 10.4 Å². The number of amides is 4. The fourth-order valence-electron chi connectivity index (χ4n) is 6.54. The summed E-state index contributed by atoms with van der Waals surface area (Å²) in [4.78, 5) is 54.3. The zero-order valence-corrected chi connectivity index (χ0v) is 23.7. The van der Waals surface area contributed by atoms with Crippen molar-refractivity contribution in [2.24, 2.45) is 7.05 Å². The van der Waals surface area contributed by atoms with Crippen LogP contribution in [0.1, 0.15) is 48.8 Å². The number of carbonyl (C=O) groups excluding carboxylic acids is 3. The standard InChI is InChI=1S/C31H32FN5O6/c1-35-17-22(15-33-35)20-4-11-26-21(14-20)12-13-31(26)28(39)37(30(42)43-31)18-27(38)36(16-19-2-5-23(32)6-3-19)25-9-7-24(8-10-25)34-29(40)41/h2-6,11,14-15,17,24-25,34H,7-10,12-13,16,18H2,1H3,(H,40,41)/t24?,25?,31-/m1/s1. The predicted octanol–water partition coefficient (Wildman–Crippen LogP) is 3.95. The molecule has 1 aliphatic heterocycles. The summed E-state index contributed by atoms with van der Waals surface area (Å²) in [6.07, 6.45) is 4.66. The van der Waals surface area contributed by atoms with Gasteiger partial charge in [-0.25, -0.2) is 18.9 Å². The highest BCUT2D eigenvalue weighted by molar-refractivity contribution is 6.06. The Balaban J connectivity index is 1.21. The van der Waals surface area contributed by atoms with E-state index in [1.54, 1.807) is 27.9 Å². The molecule has 2 N–H and O–H groups in total. The van der Waals surface area contributed by atoms with Crippen molar-refractivity contribution in [1.82, 2.24) is 24.9 Å². The van der Waals surface area contributed by atoms with Crippen LogP contribution in [0.15, 0.2) is 54.9 Å². The molecule has 1 spiro atoms. The summed E-state index contributed by atoms with van der Waals surface area (Å²) in [7, 11) is 1.83. The lowest BCUT2D eigenvalue weighted by molar-refractivity contribution is -0.143. The molecule has 11 nitrogen and oxygen atoms in total. The zero-order valence-electron chi connectivity index (χ0n) is 23.7. The summed E-state index contributed by atoms with van der Waals surface area (Å²) in [5, 5.41) is 15.8. The first kappa shape index (κ1) is 28.4. The number of halogens is 1. The minimum absolute atomic E-state index is 0.156. The van der Waals surface area contributed by atoms with Crippen LogP contribution in [0.3, 0.4) is 0 Å². The van der Waals surface area contributed by atoms with Gasteiger partial charge in [0.15, 0.2) is 0 Å². The van der Waals surface area contributed by atoms with E-state index in [1.807, 2.05) is 31.4 Å². The maximum atomic E-state index is 13.8. The molecule has 1 saturated heterocycles. The second kappa shape index (κ2) is 11.2. The Morgan fingerprint density at radius 2 is 1.86 bits per heavy atom. The molecule has 1 saturated carbocycles. The molecule has 2 fully saturated rings. The van der Waals surface area contributed by atoms with Gasteiger partial charge in [-0.15, -0.1) is 0 Å². The molecule has 3 aromatic rings. The van der Waals surface area contributed by atoms with Crippen LogP contribution in [-0.4, -0.2) is 67.3 Å². The quantitative estimate of drug-likeness (QED) is 0.426. The number of ether oxygens (including phenoxy) is 1. The van der Waals surface area contributed by atoms with Gasteiger partial charge in [0.05, 0.1) is 6.20 Å². The van der Waals surface area contributed by atoms with Gasteiger partial charge in [0.2, 0.25) is 11.5 Å². The molecular weight excluding hydrogens is 557 g/mol. The van der Waals surface area contributed by atoms with Crippen LogP contribution in [0.2, 0.25) is 0 Å². The van der Waals surface area contributed by atoms with Gasteiger partial charge in [0.25, 0.3) is 5.91 Å². The SMILES string of the molecule is Cn1cc(-c2ccc3c(c2)CC[C@@]32OC(=O)N(CC(=O)N(Cc3ccc(F)cc3)C3CCC(NC(=O)O)CC3)C2=O)cn1. The van der Waals surface area contributed by atoms with Crippen LogP contribution in [0, 0.1) is 5.82 Å². The molecule has 0 unspecified atom stereocenters. The maximum absolute atomic E-state index is 13.8. The van der Waals surface area contributed by atoms with Gasteiger partial charge in [-0.1, -0.05) is 30.3 Å². The topological polar surface area (TPSA) is 134 Å². The minimum atomic E-state index is -1.47. The molecule has 43 heavy (non-hydrogen) atoms. The number of benzene rings is 2. The van der Waals surface area contributed by atoms with E-state index in [0.717, 1.165) is 21.6 Å². The first-order valence-corrected chi connectivity index (χ1v) is 14.3. The number of aryl methyl sites for hydroxylation is 2. The van der Waals surface area contributed by atoms with Crippen molar-refractivity contribution in [2.45, 2.75) is 62.8 Å². The third kappa shape index (κ3) is 5.44. The van der Waals surface area contributed by atoms with Crippen LogP contribution in [0.25, 0.3) is 11.1 Å². The molecule has 6 rings (SSSR count). The lowest BCUT2D eigenvalue weighted by Gasteiger charge is -2.37. The van der Waals surface area contributed by atoms with Crippen LogP contribution < -0.4 is 5.32 Å². The van der Waals surface area contributed by atoms with Crippen molar-refractivity contribution in [1.29, 1.82) is 0 Å². The third-order valence-corrected chi connectivity index (χ3v) is 8.74. The Morgan fingerprint density at radius 1 is 1.12 bits per heavy atom. The Hall–Kier alpha value is -4.74. The number of nitrogens with zero attached hydrogens (tertiary/aromatic N) is 4. The zero-order chi connectivity index (χ0) is 30.3. The highest BCUT2D eigenvalue weighted by Crippen LogP contribution is 2.46. The monoisotopic (exact) mass is 589 g/mol.